The van der Waals surface area contributed by atoms with E-state index in [0.717, 1.165) is 43.4 Å². The van der Waals surface area contributed by atoms with E-state index in [0.29, 0.717) is 11.3 Å². The monoisotopic (exact) mass is 420 g/mol. The van der Waals surface area contributed by atoms with Gasteiger partial charge >= 0.3 is 5.63 Å². The van der Waals surface area contributed by atoms with E-state index in [9.17, 15) is 9.59 Å². The molecule has 1 saturated heterocycles. The van der Waals surface area contributed by atoms with Gasteiger partial charge in [-0.3, -0.25) is 9.69 Å². The number of piperidine rings is 1. The zero-order chi connectivity index (χ0) is 21.8. The van der Waals surface area contributed by atoms with Crippen molar-refractivity contribution in [3.8, 4) is 5.75 Å². The molecule has 0 unspecified atom stereocenters. The molecule has 162 valence electrons. The van der Waals surface area contributed by atoms with Crippen LogP contribution in [0.15, 0.2) is 63.8 Å². The molecule has 1 atom stereocenters. The number of carbonyl (C=O) groups is 1. The van der Waals surface area contributed by atoms with Gasteiger partial charge in [0.1, 0.15) is 11.3 Å². The smallest absolute Gasteiger partial charge is 0.336 e. The molecule has 1 amide bonds. The maximum absolute atomic E-state index is 12.6. The molecule has 1 aromatic heterocycles. The second-order valence-electron chi connectivity index (χ2n) is 8.21. The van der Waals surface area contributed by atoms with E-state index >= 15 is 0 Å². The fourth-order valence-electron chi connectivity index (χ4n) is 4.03. The molecule has 6 heteroatoms. The third-order valence-corrected chi connectivity index (χ3v) is 5.79. The molecular formula is C25H28N2O4. The summed E-state index contributed by atoms with van der Waals surface area (Å²) in [6, 6.07) is 17.4. The summed E-state index contributed by atoms with van der Waals surface area (Å²) in [7, 11) is 0. The van der Waals surface area contributed by atoms with Crippen LogP contribution in [0.3, 0.4) is 0 Å². The minimum absolute atomic E-state index is 0.132. The number of aryl methyl sites for hydroxylation is 1. The van der Waals surface area contributed by atoms with Crippen molar-refractivity contribution in [1.29, 1.82) is 0 Å². The average Bonchev–Trinajstić information content (AvgIpc) is 2.75. The zero-order valence-electron chi connectivity index (χ0n) is 18.0. The van der Waals surface area contributed by atoms with Crippen LogP contribution in [0.1, 0.15) is 30.9 Å². The highest BCUT2D eigenvalue weighted by Gasteiger charge is 2.23. The molecule has 0 radical (unpaired) electrons. The molecule has 1 N–H and O–H groups in total. The summed E-state index contributed by atoms with van der Waals surface area (Å²) in [4.78, 5) is 26.7. The Hall–Kier alpha value is -3.12. The van der Waals surface area contributed by atoms with Gasteiger partial charge in [-0.25, -0.2) is 4.79 Å². The fraction of sp³-hybridized carbons (Fsp3) is 0.360. The van der Waals surface area contributed by atoms with Crippen molar-refractivity contribution in [2.75, 3.05) is 13.1 Å². The van der Waals surface area contributed by atoms with Crippen molar-refractivity contribution in [1.82, 2.24) is 10.2 Å². The van der Waals surface area contributed by atoms with Gasteiger partial charge in [-0.2, -0.15) is 0 Å². The molecule has 4 rings (SSSR count). The van der Waals surface area contributed by atoms with E-state index in [1.54, 1.807) is 19.1 Å². The van der Waals surface area contributed by atoms with Crippen LogP contribution < -0.4 is 15.7 Å². The highest BCUT2D eigenvalue weighted by Crippen LogP contribution is 2.23. The zero-order valence-corrected chi connectivity index (χ0v) is 18.0. The summed E-state index contributed by atoms with van der Waals surface area (Å²) in [6.45, 7) is 6.45. The Morgan fingerprint density at radius 2 is 1.90 bits per heavy atom. The van der Waals surface area contributed by atoms with E-state index in [4.69, 9.17) is 9.15 Å². The van der Waals surface area contributed by atoms with Crippen molar-refractivity contribution in [3.05, 3.63) is 76.1 Å². The average molecular weight is 421 g/mol. The van der Waals surface area contributed by atoms with Gasteiger partial charge in [0.05, 0.1) is 0 Å². The minimum Gasteiger partial charge on any atom is -0.481 e. The summed E-state index contributed by atoms with van der Waals surface area (Å²) < 4.78 is 11.1. The molecule has 1 aliphatic rings. The Morgan fingerprint density at radius 3 is 2.65 bits per heavy atom. The topological polar surface area (TPSA) is 71.8 Å². The molecule has 1 aliphatic heterocycles. The van der Waals surface area contributed by atoms with E-state index in [1.807, 2.05) is 19.1 Å². The molecule has 2 heterocycles. The van der Waals surface area contributed by atoms with E-state index < -0.39 is 11.7 Å². The highest BCUT2D eigenvalue weighted by molar-refractivity contribution is 5.82. The molecule has 0 aliphatic carbocycles. The molecule has 6 nitrogen and oxygen atoms in total. The van der Waals surface area contributed by atoms with Crippen molar-refractivity contribution < 1.29 is 13.9 Å². The maximum Gasteiger partial charge on any atom is 0.336 e. The predicted molar refractivity (Wildman–Crippen MR) is 120 cm³/mol. The van der Waals surface area contributed by atoms with Gasteiger partial charge in [-0.1, -0.05) is 30.3 Å². The number of amides is 1. The van der Waals surface area contributed by atoms with Gasteiger partial charge in [-0.05, 0) is 49.9 Å². The first-order valence-corrected chi connectivity index (χ1v) is 10.8. The molecule has 0 spiro atoms. The Morgan fingerprint density at radius 1 is 1.16 bits per heavy atom. The van der Waals surface area contributed by atoms with Crippen LogP contribution in [0.5, 0.6) is 5.75 Å². The van der Waals surface area contributed by atoms with Gasteiger partial charge in [0.25, 0.3) is 5.91 Å². The van der Waals surface area contributed by atoms with Crippen molar-refractivity contribution in [3.63, 3.8) is 0 Å². The predicted octanol–water partition coefficient (Wildman–Crippen LogP) is 3.65. The highest BCUT2D eigenvalue weighted by atomic mass is 16.5. The Kier molecular flexibility index (Phi) is 6.37. The van der Waals surface area contributed by atoms with Gasteiger partial charge < -0.3 is 14.5 Å². The Labute approximate surface area is 181 Å². The third kappa shape index (κ3) is 5.33. The molecule has 0 saturated carbocycles. The number of ether oxygens (including phenoxy) is 1. The normalized spacial score (nSPS) is 16.2. The summed E-state index contributed by atoms with van der Waals surface area (Å²) >= 11 is 0. The first kappa shape index (κ1) is 21.1. The van der Waals surface area contributed by atoms with Crippen LogP contribution in [0.4, 0.5) is 0 Å². The largest absolute Gasteiger partial charge is 0.481 e. The first-order valence-electron chi connectivity index (χ1n) is 10.8. The van der Waals surface area contributed by atoms with Gasteiger partial charge in [0, 0.05) is 43.2 Å². The van der Waals surface area contributed by atoms with Crippen LogP contribution >= 0.6 is 0 Å². The number of nitrogens with one attached hydrogen (secondary N) is 1. The molecule has 0 bridgehead atoms. The van der Waals surface area contributed by atoms with Crippen LogP contribution in [-0.4, -0.2) is 36.0 Å². The first-order chi connectivity index (χ1) is 15.0. The molecule has 3 aromatic rings. The molecular weight excluding hydrogens is 392 g/mol. The number of nitrogens with zero attached hydrogens (tertiary/aromatic N) is 1. The van der Waals surface area contributed by atoms with E-state index in [2.05, 4.69) is 34.5 Å². The molecule has 2 aromatic carbocycles. The second kappa shape index (κ2) is 9.35. The van der Waals surface area contributed by atoms with Crippen LogP contribution in [0.25, 0.3) is 11.0 Å². The fourth-order valence-corrected chi connectivity index (χ4v) is 4.03. The maximum atomic E-state index is 12.6. The lowest BCUT2D eigenvalue weighted by Gasteiger charge is -2.32. The van der Waals surface area contributed by atoms with Crippen LogP contribution in [0, 0.1) is 6.92 Å². The number of fused-ring (bicyclic) bond motifs is 1. The second-order valence-corrected chi connectivity index (χ2v) is 8.21. The quantitative estimate of drug-likeness (QED) is 0.617. The Bertz CT molecular complexity index is 1100. The molecule has 1 fully saturated rings. The van der Waals surface area contributed by atoms with Crippen molar-refractivity contribution >= 4 is 16.9 Å². The summed E-state index contributed by atoms with van der Waals surface area (Å²) in [5.74, 6) is 0.369. The number of hydrogen-bond acceptors (Lipinski definition) is 5. The summed E-state index contributed by atoms with van der Waals surface area (Å²) in [5.41, 5.74) is 2.23. The number of likely N-dealkylation sites (tertiary alicyclic amines) is 1. The number of carbonyl (C=O) groups excluding carboxylic acids is 1. The number of hydrogen-bond donors (Lipinski definition) is 1. The summed E-state index contributed by atoms with van der Waals surface area (Å²) in [5, 5.41) is 3.97. The van der Waals surface area contributed by atoms with Gasteiger partial charge in [0.2, 0.25) is 0 Å². The van der Waals surface area contributed by atoms with Crippen LogP contribution in [0.2, 0.25) is 0 Å². The van der Waals surface area contributed by atoms with E-state index in [1.165, 1.54) is 11.6 Å². The van der Waals surface area contributed by atoms with Crippen molar-refractivity contribution in [2.24, 2.45) is 0 Å². The third-order valence-electron chi connectivity index (χ3n) is 5.79. The van der Waals surface area contributed by atoms with Gasteiger partial charge in [0.15, 0.2) is 6.10 Å². The SMILES string of the molecule is Cc1cc(=O)oc2cc(O[C@@H](C)C(=O)NC3CCN(Cc4ccccc4)CC3)ccc12. The lowest BCUT2D eigenvalue weighted by molar-refractivity contribution is -0.128. The van der Waals surface area contributed by atoms with Crippen LogP contribution in [-0.2, 0) is 11.3 Å². The van der Waals surface area contributed by atoms with E-state index in [-0.39, 0.29) is 11.9 Å². The van der Waals surface area contributed by atoms with Crippen molar-refractivity contribution in [2.45, 2.75) is 45.4 Å². The lowest BCUT2D eigenvalue weighted by Crippen LogP contribution is -2.47. The molecule has 31 heavy (non-hydrogen) atoms. The standard InChI is InChI=1S/C25H28N2O4/c1-17-14-24(28)31-23-15-21(8-9-22(17)23)30-18(2)25(29)26-20-10-12-27(13-11-20)16-19-6-4-3-5-7-19/h3-9,14-15,18,20H,10-13,16H2,1-2H3,(H,26,29)/t18-/m0/s1. The van der Waals surface area contributed by atoms with Gasteiger partial charge in [-0.15, -0.1) is 0 Å². The Balaban J connectivity index is 1.29. The summed E-state index contributed by atoms with van der Waals surface area (Å²) in [6.07, 6.45) is 1.20. The minimum atomic E-state index is -0.642. The lowest BCUT2D eigenvalue weighted by atomic mass is 10.0. The number of rotatable bonds is 6. The number of benzene rings is 2.